The van der Waals surface area contributed by atoms with E-state index in [0.717, 1.165) is 134 Å². The van der Waals surface area contributed by atoms with Gasteiger partial charge in [0.25, 0.3) is 0 Å². The third kappa shape index (κ3) is 11.1. The summed E-state index contributed by atoms with van der Waals surface area (Å²) in [7, 11) is 0. The van der Waals surface area contributed by atoms with Crippen molar-refractivity contribution in [2.45, 2.75) is 19.3 Å². The van der Waals surface area contributed by atoms with Gasteiger partial charge in [-0.25, -0.2) is 0 Å². The maximum atomic E-state index is 6.85. The van der Waals surface area contributed by atoms with Crippen molar-refractivity contribution in [2.75, 3.05) is 9.80 Å². The first kappa shape index (κ1) is 62.9. The number of anilines is 6. The van der Waals surface area contributed by atoms with E-state index in [1.54, 1.807) is 0 Å². The van der Waals surface area contributed by atoms with E-state index in [0.29, 0.717) is 0 Å². The van der Waals surface area contributed by atoms with Crippen molar-refractivity contribution in [1.29, 1.82) is 0 Å². The van der Waals surface area contributed by atoms with Crippen LogP contribution >= 0.6 is 0 Å². The molecule has 1 aliphatic rings. The molecule has 2 aromatic heterocycles. The number of benzene rings is 17. The predicted octanol–water partition coefficient (Wildman–Crippen LogP) is 29.2. The quantitative estimate of drug-likeness (QED) is 0.109. The molecule has 4 heteroatoms. The van der Waals surface area contributed by atoms with Crippen LogP contribution in [0.3, 0.4) is 0 Å². The van der Waals surface area contributed by atoms with Crippen molar-refractivity contribution in [3.63, 3.8) is 0 Å². The van der Waals surface area contributed by atoms with Crippen molar-refractivity contribution in [1.82, 2.24) is 0 Å². The average molecular weight is 1370 g/mol. The molecule has 0 atom stereocenters. The zero-order valence-electron chi connectivity index (χ0n) is 59.2. The van der Waals surface area contributed by atoms with Crippen LogP contribution in [-0.4, -0.2) is 0 Å². The lowest BCUT2D eigenvalue weighted by molar-refractivity contribution is 0.662. The Morgan fingerprint density at radius 2 is 0.533 bits per heavy atom. The first-order valence-corrected chi connectivity index (χ1v) is 36.8. The molecule has 0 aliphatic heterocycles. The second-order valence-electron chi connectivity index (χ2n) is 28.7. The number of furan rings is 2. The smallest absolute Gasteiger partial charge is 0.143 e. The molecule has 0 N–H and O–H groups in total. The zero-order valence-corrected chi connectivity index (χ0v) is 59.2. The highest BCUT2D eigenvalue weighted by Crippen LogP contribution is 2.53. The van der Waals surface area contributed by atoms with Crippen LogP contribution in [0.5, 0.6) is 0 Å². The number of hydrogen-bond acceptors (Lipinski definition) is 4. The fourth-order valence-corrected chi connectivity index (χ4v) is 16.8. The molecule has 504 valence electrons. The number of fused-ring (bicyclic) bond motifs is 10. The Morgan fingerprint density at radius 1 is 0.206 bits per heavy atom. The lowest BCUT2D eigenvalue weighted by Gasteiger charge is -2.27. The molecule has 1 aliphatic carbocycles. The van der Waals surface area contributed by atoms with E-state index in [2.05, 4.69) is 400 Å². The fourth-order valence-electron chi connectivity index (χ4n) is 16.8. The van der Waals surface area contributed by atoms with Gasteiger partial charge in [-0.1, -0.05) is 305 Å². The number of para-hydroxylation sites is 3. The molecule has 20 rings (SSSR count). The highest BCUT2D eigenvalue weighted by molar-refractivity contribution is 6.12. The standard InChI is InChI=1S/C103H70N2O2/c1-103(2)97-33-10-8-24-91(97)93-30-14-27-88(100(93)103)74-45-58-83(59-46-74)105(80-52-39-69(40-53-80)67-17-4-3-5-18-67)85-62-49-76(50-63-85)90-29-16-32-95-96-66-79(51-64-99(96)107-102(90)95)78-22-12-21-77(65-78)71-37-35-68(36-38-71)70-41-54-81(55-42-70)104(82-56-43-73(44-57-82)87-26-13-20-72-19-6-7-23-86(72)87)84-60-47-75(48-61-84)89-28-15-31-94-92-25-9-11-34-98(92)106-101(89)94/h3-66H,1-2H3. The van der Waals surface area contributed by atoms with E-state index in [4.69, 9.17) is 8.83 Å². The minimum atomic E-state index is -0.121. The summed E-state index contributed by atoms with van der Waals surface area (Å²) in [6.45, 7) is 4.72. The fraction of sp³-hybridized carbons (Fsp3) is 0.0291. The molecule has 17 aromatic carbocycles. The van der Waals surface area contributed by atoms with Crippen LogP contribution < -0.4 is 9.80 Å². The molecule has 2 heterocycles. The Balaban J connectivity index is 0.569. The second kappa shape index (κ2) is 25.9. The molecule has 0 amide bonds. The summed E-state index contributed by atoms with van der Waals surface area (Å²) in [5, 5.41) is 6.89. The minimum absolute atomic E-state index is 0.121. The molecule has 0 saturated carbocycles. The molecule has 0 saturated heterocycles. The average Bonchev–Trinajstić information content (AvgIpc) is 1.57. The Bertz CT molecular complexity index is 6580. The molecule has 107 heavy (non-hydrogen) atoms. The van der Waals surface area contributed by atoms with Gasteiger partial charge in [0, 0.05) is 72.2 Å². The van der Waals surface area contributed by atoms with E-state index in [1.807, 2.05) is 12.1 Å². The normalized spacial score (nSPS) is 12.3. The van der Waals surface area contributed by atoms with Gasteiger partial charge in [-0.15, -0.1) is 0 Å². The largest absolute Gasteiger partial charge is 0.455 e. The van der Waals surface area contributed by atoms with Crippen LogP contribution in [0, 0.1) is 0 Å². The Labute approximate surface area is 622 Å². The van der Waals surface area contributed by atoms with E-state index in [1.165, 1.54) is 66.4 Å². The molecule has 0 spiro atoms. The van der Waals surface area contributed by atoms with Crippen LogP contribution in [0.25, 0.3) is 155 Å². The monoisotopic (exact) mass is 1370 g/mol. The number of rotatable bonds is 14. The van der Waals surface area contributed by atoms with Gasteiger partial charge in [-0.05, 0) is 208 Å². The maximum Gasteiger partial charge on any atom is 0.143 e. The van der Waals surface area contributed by atoms with Crippen LogP contribution in [0.15, 0.2) is 397 Å². The summed E-state index contributed by atoms with van der Waals surface area (Å²) >= 11 is 0. The van der Waals surface area contributed by atoms with E-state index >= 15 is 0 Å². The van der Waals surface area contributed by atoms with Gasteiger partial charge in [0.15, 0.2) is 0 Å². The topological polar surface area (TPSA) is 32.8 Å². The zero-order chi connectivity index (χ0) is 71.1. The SMILES string of the molecule is CC1(C)c2ccccc2-c2cccc(-c3ccc(N(c4ccc(-c5ccccc5)cc4)c4ccc(-c5cccc6c5oc5ccc(-c7cccc(-c8ccc(-c9ccc(N(c%10ccc(-c%11cccc%12ccccc%11%12)cc%10)c%10ccc(-c%11cccc%12c%11oc%11ccccc%11%12)cc%10)cc9)cc8)c7)cc56)cc4)cc3)c21. The van der Waals surface area contributed by atoms with Crippen LogP contribution in [0.1, 0.15) is 25.0 Å². The highest BCUT2D eigenvalue weighted by Gasteiger charge is 2.37. The summed E-state index contributed by atoms with van der Waals surface area (Å²) in [6.07, 6.45) is 0. The Morgan fingerprint density at radius 3 is 1.11 bits per heavy atom. The van der Waals surface area contributed by atoms with Crippen LogP contribution in [0.2, 0.25) is 0 Å². The van der Waals surface area contributed by atoms with Crippen molar-refractivity contribution in [2.24, 2.45) is 0 Å². The van der Waals surface area contributed by atoms with Gasteiger partial charge in [0.05, 0.1) is 0 Å². The number of nitrogens with zero attached hydrogens (tertiary/aromatic N) is 2. The summed E-state index contributed by atoms with van der Waals surface area (Å²) in [4.78, 5) is 4.71. The van der Waals surface area contributed by atoms with Gasteiger partial charge in [0.2, 0.25) is 0 Å². The molecule has 4 nitrogen and oxygen atoms in total. The number of hydrogen-bond donors (Lipinski definition) is 0. The van der Waals surface area contributed by atoms with Gasteiger partial charge in [-0.3, -0.25) is 0 Å². The van der Waals surface area contributed by atoms with Gasteiger partial charge in [-0.2, -0.15) is 0 Å². The minimum Gasteiger partial charge on any atom is -0.455 e. The van der Waals surface area contributed by atoms with E-state index in [9.17, 15) is 0 Å². The third-order valence-corrected chi connectivity index (χ3v) is 22.1. The second-order valence-corrected chi connectivity index (χ2v) is 28.7. The lowest BCUT2D eigenvalue weighted by atomic mass is 9.79. The molecule has 0 bridgehead atoms. The van der Waals surface area contributed by atoms with Crippen LogP contribution in [0.4, 0.5) is 34.1 Å². The first-order chi connectivity index (χ1) is 52.8. The lowest BCUT2D eigenvalue weighted by Crippen LogP contribution is -2.16. The summed E-state index contributed by atoms with van der Waals surface area (Å²) in [5.74, 6) is 0. The van der Waals surface area contributed by atoms with Crippen LogP contribution in [-0.2, 0) is 5.41 Å². The van der Waals surface area contributed by atoms with Gasteiger partial charge >= 0.3 is 0 Å². The van der Waals surface area contributed by atoms with Crippen molar-refractivity contribution in [3.8, 4) is 100 Å². The van der Waals surface area contributed by atoms with Crippen molar-refractivity contribution in [3.05, 3.63) is 399 Å². The first-order valence-electron chi connectivity index (χ1n) is 36.8. The van der Waals surface area contributed by atoms with Gasteiger partial charge in [0.1, 0.15) is 22.3 Å². The Kier molecular flexibility index (Phi) is 15.2. The van der Waals surface area contributed by atoms with Crippen molar-refractivity contribution < 1.29 is 8.83 Å². The highest BCUT2D eigenvalue weighted by atomic mass is 16.3. The summed E-state index contributed by atoms with van der Waals surface area (Å²) < 4.78 is 13.3. The molecule has 0 fully saturated rings. The van der Waals surface area contributed by atoms with E-state index < -0.39 is 0 Å². The van der Waals surface area contributed by atoms with E-state index in [-0.39, 0.29) is 5.41 Å². The van der Waals surface area contributed by atoms with Crippen molar-refractivity contribution >= 4 is 88.8 Å². The van der Waals surface area contributed by atoms with Gasteiger partial charge < -0.3 is 18.6 Å². The molecular weight excluding hydrogens is 1300 g/mol. The molecular formula is C103H70N2O2. The Hall–Kier alpha value is -13.8. The third-order valence-electron chi connectivity index (χ3n) is 22.1. The predicted molar refractivity (Wildman–Crippen MR) is 449 cm³/mol. The maximum absolute atomic E-state index is 6.85. The molecule has 19 aromatic rings. The summed E-state index contributed by atoms with van der Waals surface area (Å²) in [5.41, 5.74) is 33.6. The summed E-state index contributed by atoms with van der Waals surface area (Å²) in [6, 6.07) is 141. The molecule has 0 unspecified atom stereocenters. The molecule has 0 radical (unpaired) electrons.